The molecule has 5 rings (SSSR count). The van der Waals surface area contributed by atoms with Gasteiger partial charge in [-0.2, -0.15) is 22.5 Å². The Morgan fingerprint density at radius 3 is 2.62 bits per heavy atom. The SMILES string of the molecule is Cc1cc(F)c(NC(=O)N2CC=C(CC(F)(F)F)C2)cc1-c1cc(N2CCOCC2)c2nc(F)cn2c1. The molecule has 0 bridgehead atoms. The van der Waals surface area contributed by atoms with Gasteiger partial charge in [-0.1, -0.05) is 6.08 Å². The maximum atomic E-state index is 14.8. The third-order valence-corrected chi connectivity index (χ3v) is 6.43. The van der Waals surface area contributed by atoms with Gasteiger partial charge in [0.1, 0.15) is 5.82 Å². The number of aryl methyl sites for hydroxylation is 1. The Balaban J connectivity index is 1.43. The fourth-order valence-electron chi connectivity index (χ4n) is 4.66. The molecule has 0 saturated carbocycles. The van der Waals surface area contributed by atoms with Crippen LogP contribution in [0.15, 0.2) is 42.2 Å². The summed E-state index contributed by atoms with van der Waals surface area (Å²) < 4.78 is 73.9. The maximum Gasteiger partial charge on any atom is 0.392 e. The predicted octanol–water partition coefficient (Wildman–Crippen LogP) is 5.15. The standard InChI is InChI=1S/C25H24F5N5O2/c1-15-8-19(26)20(31-24(36)34-3-2-16(12-34)11-25(28,29)30)10-18(15)17-9-21(33-4-6-37-7-5-33)23-32-22(27)14-35(23)13-17/h2,8-10,13-14H,3-7,11-12H2,1H3,(H,31,36). The Hall–Kier alpha value is -3.67. The van der Waals surface area contributed by atoms with E-state index in [0.717, 1.165) is 0 Å². The molecule has 12 heteroatoms. The summed E-state index contributed by atoms with van der Waals surface area (Å²) in [6.45, 7) is 3.75. The largest absolute Gasteiger partial charge is 0.392 e. The first-order valence-electron chi connectivity index (χ1n) is 11.7. The Morgan fingerprint density at radius 1 is 1.14 bits per heavy atom. The molecule has 0 unspecified atom stereocenters. The summed E-state index contributed by atoms with van der Waals surface area (Å²) in [7, 11) is 0. The van der Waals surface area contributed by atoms with Crippen LogP contribution in [0.1, 0.15) is 12.0 Å². The highest BCUT2D eigenvalue weighted by molar-refractivity contribution is 5.91. The summed E-state index contributed by atoms with van der Waals surface area (Å²) in [6, 6.07) is 3.88. The lowest BCUT2D eigenvalue weighted by Gasteiger charge is -2.29. The van der Waals surface area contributed by atoms with Crippen LogP contribution in [0, 0.1) is 18.7 Å². The van der Waals surface area contributed by atoms with Crippen LogP contribution in [0.3, 0.4) is 0 Å². The molecule has 2 aliphatic heterocycles. The summed E-state index contributed by atoms with van der Waals surface area (Å²) in [5, 5.41) is 2.48. The number of amides is 2. The van der Waals surface area contributed by atoms with E-state index in [9.17, 15) is 26.7 Å². The molecule has 2 aliphatic rings. The number of carbonyl (C=O) groups excluding carboxylic acids is 1. The van der Waals surface area contributed by atoms with Crippen molar-refractivity contribution in [2.24, 2.45) is 0 Å². The fourth-order valence-corrected chi connectivity index (χ4v) is 4.66. The van der Waals surface area contributed by atoms with Crippen molar-refractivity contribution >= 4 is 23.1 Å². The molecule has 1 saturated heterocycles. The number of halogens is 5. The second-order valence-corrected chi connectivity index (χ2v) is 9.12. The number of imidazole rings is 1. The van der Waals surface area contributed by atoms with Gasteiger partial charge in [0.05, 0.1) is 37.2 Å². The normalized spacial score (nSPS) is 16.4. The minimum atomic E-state index is -4.37. The van der Waals surface area contributed by atoms with Crippen molar-refractivity contribution in [2.45, 2.75) is 19.5 Å². The molecule has 4 heterocycles. The van der Waals surface area contributed by atoms with E-state index in [1.807, 2.05) is 11.0 Å². The molecule has 2 amide bonds. The van der Waals surface area contributed by atoms with E-state index in [1.165, 1.54) is 29.3 Å². The lowest BCUT2D eigenvalue weighted by atomic mass is 10.00. The minimum absolute atomic E-state index is 0.00333. The average Bonchev–Trinajstić information content (AvgIpc) is 3.45. The van der Waals surface area contributed by atoms with Crippen LogP contribution in [0.5, 0.6) is 0 Å². The summed E-state index contributed by atoms with van der Waals surface area (Å²) in [6.07, 6.45) is -1.17. The van der Waals surface area contributed by atoms with Gasteiger partial charge in [-0.25, -0.2) is 9.18 Å². The van der Waals surface area contributed by atoms with Crippen LogP contribution >= 0.6 is 0 Å². The summed E-state index contributed by atoms with van der Waals surface area (Å²) >= 11 is 0. The molecule has 0 atom stereocenters. The Kier molecular flexibility index (Phi) is 6.52. The number of benzene rings is 1. The zero-order valence-corrected chi connectivity index (χ0v) is 19.9. The molecule has 0 aliphatic carbocycles. The van der Waals surface area contributed by atoms with Crippen LogP contribution in [0.25, 0.3) is 16.8 Å². The van der Waals surface area contributed by atoms with E-state index < -0.39 is 30.4 Å². The van der Waals surface area contributed by atoms with E-state index in [0.29, 0.717) is 54.3 Å². The van der Waals surface area contributed by atoms with Gasteiger partial charge in [0.25, 0.3) is 0 Å². The molecule has 1 aromatic carbocycles. The average molecular weight is 521 g/mol. The molecule has 37 heavy (non-hydrogen) atoms. The lowest BCUT2D eigenvalue weighted by Crippen LogP contribution is -2.36. The molecule has 0 spiro atoms. The van der Waals surface area contributed by atoms with Crippen molar-refractivity contribution in [3.05, 3.63) is 59.6 Å². The fraction of sp³-hybridized carbons (Fsp3) is 0.360. The summed E-state index contributed by atoms with van der Waals surface area (Å²) in [5.74, 6) is -1.32. The van der Waals surface area contributed by atoms with Gasteiger partial charge in [-0.3, -0.25) is 0 Å². The number of nitrogens with zero attached hydrogens (tertiary/aromatic N) is 4. The second-order valence-electron chi connectivity index (χ2n) is 9.12. The van der Waals surface area contributed by atoms with Crippen molar-refractivity contribution in [2.75, 3.05) is 49.6 Å². The van der Waals surface area contributed by atoms with Crippen molar-refractivity contribution in [3.8, 4) is 11.1 Å². The Bertz CT molecular complexity index is 1380. The van der Waals surface area contributed by atoms with Crippen LogP contribution in [-0.4, -0.2) is 65.9 Å². The first-order chi connectivity index (χ1) is 17.6. The van der Waals surface area contributed by atoms with Gasteiger partial charge in [0.15, 0.2) is 5.65 Å². The van der Waals surface area contributed by atoms with E-state index in [1.54, 1.807) is 17.5 Å². The third-order valence-electron chi connectivity index (χ3n) is 6.43. The highest BCUT2D eigenvalue weighted by atomic mass is 19.4. The molecule has 3 aromatic rings. The molecule has 196 valence electrons. The molecule has 1 N–H and O–H groups in total. The molecule has 0 radical (unpaired) electrons. The number of urea groups is 1. The van der Waals surface area contributed by atoms with Crippen molar-refractivity contribution in [1.29, 1.82) is 0 Å². The van der Waals surface area contributed by atoms with Gasteiger partial charge in [-0.05, 0) is 41.8 Å². The number of hydrogen-bond acceptors (Lipinski definition) is 4. The highest BCUT2D eigenvalue weighted by Crippen LogP contribution is 2.34. The zero-order chi connectivity index (χ0) is 26.3. The molecular weight excluding hydrogens is 497 g/mol. The van der Waals surface area contributed by atoms with Crippen molar-refractivity contribution < 1.29 is 31.5 Å². The maximum absolute atomic E-state index is 14.8. The van der Waals surface area contributed by atoms with E-state index in [4.69, 9.17) is 4.74 Å². The number of fused-ring (bicyclic) bond motifs is 1. The predicted molar refractivity (Wildman–Crippen MR) is 128 cm³/mol. The summed E-state index contributed by atoms with van der Waals surface area (Å²) in [4.78, 5) is 19.9. The monoisotopic (exact) mass is 521 g/mol. The zero-order valence-electron chi connectivity index (χ0n) is 19.9. The van der Waals surface area contributed by atoms with Crippen molar-refractivity contribution in [3.63, 3.8) is 0 Å². The Labute approximate surface area is 209 Å². The van der Waals surface area contributed by atoms with Crippen LogP contribution in [-0.2, 0) is 4.74 Å². The number of anilines is 2. The van der Waals surface area contributed by atoms with Gasteiger partial charge < -0.3 is 24.3 Å². The van der Waals surface area contributed by atoms with Gasteiger partial charge in [-0.15, -0.1) is 0 Å². The van der Waals surface area contributed by atoms with Gasteiger partial charge >= 0.3 is 12.2 Å². The number of aromatic nitrogens is 2. The quantitative estimate of drug-likeness (QED) is 0.381. The van der Waals surface area contributed by atoms with Gasteiger partial charge in [0.2, 0.25) is 5.95 Å². The topological polar surface area (TPSA) is 62.1 Å². The first kappa shape index (κ1) is 25.0. The molecule has 7 nitrogen and oxygen atoms in total. The molecule has 1 fully saturated rings. The van der Waals surface area contributed by atoms with Crippen LogP contribution < -0.4 is 10.2 Å². The minimum Gasteiger partial charge on any atom is -0.378 e. The number of alkyl halides is 3. The lowest BCUT2D eigenvalue weighted by molar-refractivity contribution is -0.127. The number of hydrogen-bond donors (Lipinski definition) is 1. The van der Waals surface area contributed by atoms with E-state index in [2.05, 4.69) is 10.3 Å². The number of rotatable bonds is 4. The van der Waals surface area contributed by atoms with Crippen LogP contribution in [0.2, 0.25) is 0 Å². The second kappa shape index (κ2) is 9.66. The third kappa shape index (κ3) is 5.38. The van der Waals surface area contributed by atoms with Crippen molar-refractivity contribution in [1.82, 2.24) is 14.3 Å². The molecule has 2 aromatic heterocycles. The number of carbonyl (C=O) groups is 1. The van der Waals surface area contributed by atoms with Crippen LogP contribution in [0.4, 0.5) is 38.1 Å². The Morgan fingerprint density at radius 2 is 1.89 bits per heavy atom. The number of morpholine rings is 1. The number of ether oxygens (including phenoxy) is 1. The van der Waals surface area contributed by atoms with E-state index in [-0.39, 0.29) is 24.4 Å². The first-order valence-corrected chi connectivity index (χ1v) is 11.7. The number of nitrogens with one attached hydrogen (secondary N) is 1. The molecular formula is C25H24F5N5O2. The van der Waals surface area contributed by atoms with Gasteiger partial charge in [0, 0.05) is 37.9 Å². The highest BCUT2D eigenvalue weighted by Gasteiger charge is 2.32. The van der Waals surface area contributed by atoms with E-state index >= 15 is 0 Å². The number of pyridine rings is 1. The summed E-state index contributed by atoms with van der Waals surface area (Å²) in [5.41, 5.74) is 2.93. The smallest absolute Gasteiger partial charge is 0.378 e.